The van der Waals surface area contributed by atoms with Gasteiger partial charge in [0.2, 0.25) is 15.4 Å². The number of hydrogen-bond acceptors (Lipinski definition) is 3. The largest absolute Gasteiger partial charge is 0.369 e. The number of benzene rings is 2. The summed E-state index contributed by atoms with van der Waals surface area (Å²) in [6, 6.07) is 13.3. The van der Waals surface area contributed by atoms with Crippen molar-refractivity contribution in [1.82, 2.24) is 0 Å². The number of aromatic nitrogens is 1. The average molecular weight is 396 g/mol. The van der Waals surface area contributed by atoms with E-state index < -0.39 is 9.84 Å². The van der Waals surface area contributed by atoms with Gasteiger partial charge >= 0.3 is 0 Å². The molecule has 28 heavy (non-hydrogen) atoms. The Morgan fingerprint density at radius 1 is 1.07 bits per heavy atom. The Hall–Kier alpha value is -2.40. The molecule has 4 nitrogen and oxygen atoms in total. The van der Waals surface area contributed by atoms with Crippen LogP contribution in [-0.2, 0) is 9.84 Å². The van der Waals surface area contributed by atoms with Crippen LogP contribution < -0.4 is 9.88 Å². The number of fused-ring (bicyclic) bond motifs is 1. The lowest BCUT2D eigenvalue weighted by Crippen LogP contribution is -2.35. The second kappa shape index (κ2) is 7.21. The molecule has 1 aliphatic rings. The van der Waals surface area contributed by atoms with Crippen molar-refractivity contribution in [2.45, 2.75) is 43.4 Å². The van der Waals surface area contributed by atoms with E-state index in [1.165, 1.54) is 6.42 Å². The van der Waals surface area contributed by atoms with E-state index in [0.29, 0.717) is 15.7 Å². The first-order valence-electron chi connectivity index (χ1n) is 9.88. The number of H-pyrrole nitrogens is 1. The molecule has 1 saturated heterocycles. The van der Waals surface area contributed by atoms with Crippen LogP contribution in [0.25, 0.3) is 10.9 Å². The van der Waals surface area contributed by atoms with Gasteiger partial charge in [0.15, 0.2) is 11.1 Å². The molecule has 0 amide bonds. The van der Waals surface area contributed by atoms with Crippen molar-refractivity contribution < 1.29 is 13.4 Å². The second-order valence-corrected chi connectivity index (χ2v) is 9.91. The molecular formula is C23H27N2O2S+. The third-order valence-corrected chi connectivity index (χ3v) is 7.59. The van der Waals surface area contributed by atoms with Gasteiger partial charge in [-0.2, -0.15) is 0 Å². The van der Waals surface area contributed by atoms with E-state index >= 15 is 0 Å². The minimum atomic E-state index is -3.64. The minimum Gasteiger partial charge on any atom is -0.369 e. The first kappa shape index (κ1) is 18.9. The van der Waals surface area contributed by atoms with Crippen molar-refractivity contribution in [3.63, 3.8) is 0 Å². The maximum absolute atomic E-state index is 13.6. The molecule has 0 radical (unpaired) electrons. The Balaban J connectivity index is 1.95. The van der Waals surface area contributed by atoms with Crippen molar-refractivity contribution in [2.24, 2.45) is 5.92 Å². The van der Waals surface area contributed by atoms with E-state index in [9.17, 15) is 8.42 Å². The molecule has 146 valence electrons. The van der Waals surface area contributed by atoms with Crippen LogP contribution in [0.2, 0.25) is 0 Å². The SMILES string of the molecule is Cc1ccc(S(=O)(=O)c2c[nH+]c3ccccc3c2N2CCC[C@@H](C)C2)cc1C. The number of piperidine rings is 1. The highest BCUT2D eigenvalue weighted by Gasteiger charge is 2.31. The van der Waals surface area contributed by atoms with Crippen LogP contribution in [0.3, 0.4) is 0 Å². The Morgan fingerprint density at radius 3 is 2.61 bits per heavy atom. The van der Waals surface area contributed by atoms with Crippen LogP contribution >= 0.6 is 0 Å². The number of aromatic amines is 1. The van der Waals surface area contributed by atoms with Crippen LogP contribution in [0.1, 0.15) is 30.9 Å². The molecule has 0 saturated carbocycles. The van der Waals surface area contributed by atoms with Gasteiger partial charge in [0.25, 0.3) is 0 Å². The van der Waals surface area contributed by atoms with Crippen molar-refractivity contribution in [2.75, 3.05) is 18.0 Å². The Kier molecular flexibility index (Phi) is 4.88. The highest BCUT2D eigenvalue weighted by molar-refractivity contribution is 7.91. The summed E-state index contributed by atoms with van der Waals surface area (Å²) >= 11 is 0. The zero-order chi connectivity index (χ0) is 19.9. The van der Waals surface area contributed by atoms with E-state index in [2.05, 4.69) is 16.8 Å². The summed E-state index contributed by atoms with van der Waals surface area (Å²) in [5.74, 6) is 0.550. The smallest absolute Gasteiger partial charge is 0.214 e. The standard InChI is InChI=1S/C23H26N2O2S/c1-16-7-6-12-25(15-16)23-20-8-4-5-9-21(20)24-14-22(23)28(26,27)19-11-10-17(2)18(3)13-19/h4-5,8-11,13-14,16H,6-7,12,15H2,1-3H3/p+1/t16-/m1/s1. The summed E-state index contributed by atoms with van der Waals surface area (Å²) in [5, 5.41) is 0.960. The molecule has 0 aliphatic carbocycles. The Morgan fingerprint density at radius 2 is 1.86 bits per heavy atom. The fourth-order valence-electron chi connectivity index (χ4n) is 4.09. The third-order valence-electron chi connectivity index (χ3n) is 5.83. The maximum atomic E-state index is 13.6. The number of pyridine rings is 1. The third kappa shape index (κ3) is 3.28. The van der Waals surface area contributed by atoms with Crippen molar-refractivity contribution in [3.8, 4) is 0 Å². The van der Waals surface area contributed by atoms with Gasteiger partial charge in [-0.15, -0.1) is 0 Å². The van der Waals surface area contributed by atoms with Gasteiger partial charge in [0.1, 0.15) is 0 Å². The summed E-state index contributed by atoms with van der Waals surface area (Å²) in [7, 11) is -3.64. The summed E-state index contributed by atoms with van der Waals surface area (Å²) < 4.78 is 27.3. The first-order chi connectivity index (χ1) is 13.4. The molecule has 1 fully saturated rings. The number of nitrogens with zero attached hydrogens (tertiary/aromatic N) is 1. The van der Waals surface area contributed by atoms with Gasteiger partial charge in [-0.05, 0) is 61.9 Å². The summed E-state index contributed by atoms with van der Waals surface area (Å²) in [6.45, 7) is 7.95. The molecule has 3 aromatic rings. The zero-order valence-corrected chi connectivity index (χ0v) is 17.5. The quantitative estimate of drug-likeness (QED) is 0.663. The average Bonchev–Trinajstić information content (AvgIpc) is 2.69. The van der Waals surface area contributed by atoms with E-state index in [0.717, 1.165) is 47.2 Å². The number of rotatable bonds is 3. The van der Waals surface area contributed by atoms with E-state index in [-0.39, 0.29) is 0 Å². The summed E-state index contributed by atoms with van der Waals surface area (Å²) in [6.07, 6.45) is 3.94. The van der Waals surface area contributed by atoms with E-state index in [4.69, 9.17) is 0 Å². The zero-order valence-electron chi connectivity index (χ0n) is 16.7. The molecule has 2 heterocycles. The predicted octanol–water partition coefficient (Wildman–Crippen LogP) is 4.34. The molecule has 0 spiro atoms. The van der Waals surface area contributed by atoms with Gasteiger partial charge in [0.05, 0.1) is 16.0 Å². The normalized spacial score (nSPS) is 17.8. The van der Waals surface area contributed by atoms with Crippen LogP contribution in [-0.4, -0.2) is 21.5 Å². The lowest BCUT2D eigenvalue weighted by molar-refractivity contribution is -0.347. The number of nitrogens with one attached hydrogen (secondary N) is 1. The fourth-order valence-corrected chi connectivity index (χ4v) is 5.63. The van der Waals surface area contributed by atoms with Crippen LogP contribution in [0.5, 0.6) is 0 Å². The number of para-hydroxylation sites is 1. The number of aryl methyl sites for hydroxylation is 2. The predicted molar refractivity (Wildman–Crippen MR) is 112 cm³/mol. The highest BCUT2D eigenvalue weighted by atomic mass is 32.2. The van der Waals surface area contributed by atoms with Crippen molar-refractivity contribution in [1.29, 1.82) is 0 Å². The van der Waals surface area contributed by atoms with E-state index in [1.807, 2.05) is 44.2 Å². The van der Waals surface area contributed by atoms with Gasteiger partial charge < -0.3 is 4.90 Å². The van der Waals surface area contributed by atoms with Crippen LogP contribution in [0.15, 0.2) is 58.5 Å². The molecule has 1 aliphatic heterocycles. The second-order valence-electron chi connectivity index (χ2n) is 7.99. The molecule has 5 heteroatoms. The van der Waals surface area contributed by atoms with Gasteiger partial charge in [-0.3, -0.25) is 0 Å². The summed E-state index contributed by atoms with van der Waals surface area (Å²) in [5.41, 5.74) is 3.86. The molecule has 4 rings (SSSR count). The number of sulfone groups is 1. The van der Waals surface area contributed by atoms with Crippen molar-refractivity contribution >= 4 is 26.4 Å². The highest BCUT2D eigenvalue weighted by Crippen LogP contribution is 2.37. The Bertz CT molecular complexity index is 1140. The molecule has 1 N–H and O–H groups in total. The minimum absolute atomic E-state index is 0.352. The molecule has 0 bridgehead atoms. The molecule has 1 atom stereocenters. The molecule has 1 aromatic heterocycles. The maximum Gasteiger partial charge on any atom is 0.214 e. The van der Waals surface area contributed by atoms with Crippen molar-refractivity contribution in [3.05, 3.63) is 59.8 Å². The monoisotopic (exact) mass is 395 g/mol. The van der Waals surface area contributed by atoms with Crippen LogP contribution in [0.4, 0.5) is 5.69 Å². The molecule has 2 aromatic carbocycles. The van der Waals surface area contributed by atoms with Gasteiger partial charge in [-0.1, -0.05) is 25.1 Å². The molecule has 0 unspecified atom stereocenters. The van der Waals surface area contributed by atoms with Crippen LogP contribution in [0, 0.1) is 19.8 Å². The number of hydrogen-bond donors (Lipinski definition) is 0. The Labute approximate surface area is 167 Å². The lowest BCUT2D eigenvalue weighted by Gasteiger charge is -2.34. The molecular weight excluding hydrogens is 368 g/mol. The summed E-state index contributed by atoms with van der Waals surface area (Å²) in [4.78, 5) is 6.19. The topological polar surface area (TPSA) is 51.5 Å². The van der Waals surface area contributed by atoms with Gasteiger partial charge in [0, 0.05) is 19.2 Å². The fraction of sp³-hybridized carbons (Fsp3) is 0.348. The number of anilines is 1. The first-order valence-corrected chi connectivity index (χ1v) is 11.4. The van der Waals surface area contributed by atoms with E-state index in [1.54, 1.807) is 18.3 Å². The van der Waals surface area contributed by atoms with Gasteiger partial charge in [-0.25, -0.2) is 13.4 Å². The lowest BCUT2D eigenvalue weighted by atomic mass is 9.99.